The molecule has 0 fully saturated rings. The van der Waals surface area contributed by atoms with Crippen molar-refractivity contribution in [2.45, 2.75) is 32.2 Å². The fourth-order valence-corrected chi connectivity index (χ4v) is 1.23. The van der Waals surface area contributed by atoms with Crippen LogP contribution in [-0.2, 0) is 14.3 Å². The van der Waals surface area contributed by atoms with Crippen LogP contribution in [0.25, 0.3) is 0 Å². The summed E-state index contributed by atoms with van der Waals surface area (Å²) in [6.45, 7) is 1.57. The summed E-state index contributed by atoms with van der Waals surface area (Å²) in [6, 6.07) is -0.884. The lowest BCUT2D eigenvalue weighted by molar-refractivity contribution is -0.138. The standard InChI is InChI=1S/C11H21N3O6/c1-8(13-7-20-11(17)19-2)14(18)6-4-3-5-9(12)10(15)16/h9,18H,3-7,12H2,1-2H3,(H,15,16)/b13-8+. The number of carbonyl (C=O) groups is 2. The van der Waals surface area contributed by atoms with Gasteiger partial charge < -0.3 is 20.3 Å². The van der Waals surface area contributed by atoms with Crippen LogP contribution >= 0.6 is 0 Å². The van der Waals surface area contributed by atoms with E-state index in [0.717, 1.165) is 5.06 Å². The molecule has 0 saturated heterocycles. The van der Waals surface area contributed by atoms with Crippen LogP contribution in [0.5, 0.6) is 0 Å². The van der Waals surface area contributed by atoms with Crippen molar-refractivity contribution in [2.75, 3.05) is 20.4 Å². The minimum absolute atomic E-state index is 0.251. The van der Waals surface area contributed by atoms with Gasteiger partial charge in [0.1, 0.15) is 11.9 Å². The average Bonchev–Trinajstić information content (AvgIpc) is 2.42. The van der Waals surface area contributed by atoms with Gasteiger partial charge in [0.15, 0.2) is 6.73 Å². The number of aliphatic carboxylic acids is 1. The van der Waals surface area contributed by atoms with Crippen LogP contribution < -0.4 is 5.73 Å². The molecular weight excluding hydrogens is 270 g/mol. The van der Waals surface area contributed by atoms with Crippen molar-refractivity contribution in [3.63, 3.8) is 0 Å². The van der Waals surface area contributed by atoms with E-state index in [0.29, 0.717) is 19.3 Å². The smallest absolute Gasteiger partial charge is 0.480 e. The number of methoxy groups -OCH3 is 1. The zero-order valence-electron chi connectivity index (χ0n) is 11.6. The fraction of sp³-hybridized carbons (Fsp3) is 0.727. The summed E-state index contributed by atoms with van der Waals surface area (Å²) in [5, 5.41) is 19.1. The van der Waals surface area contributed by atoms with Crippen molar-refractivity contribution in [2.24, 2.45) is 10.7 Å². The Morgan fingerprint density at radius 3 is 2.60 bits per heavy atom. The molecule has 4 N–H and O–H groups in total. The zero-order valence-corrected chi connectivity index (χ0v) is 11.6. The number of carboxylic acids is 1. The van der Waals surface area contributed by atoms with Crippen molar-refractivity contribution in [1.29, 1.82) is 0 Å². The molecule has 0 aliphatic rings. The zero-order chi connectivity index (χ0) is 15.5. The minimum atomic E-state index is -1.04. The fourth-order valence-electron chi connectivity index (χ4n) is 1.23. The Balaban J connectivity index is 3.84. The number of ether oxygens (including phenoxy) is 2. The predicted octanol–water partition coefficient (Wildman–Crippen LogP) is 0.419. The summed E-state index contributed by atoms with van der Waals surface area (Å²) in [7, 11) is 1.18. The van der Waals surface area contributed by atoms with Crippen molar-refractivity contribution in [3.05, 3.63) is 0 Å². The molecule has 0 bridgehead atoms. The normalized spacial score (nSPS) is 12.7. The molecule has 0 aliphatic carbocycles. The lowest BCUT2D eigenvalue weighted by atomic mass is 10.1. The first-order valence-electron chi connectivity index (χ1n) is 6.05. The van der Waals surface area contributed by atoms with Crippen LogP contribution in [0.3, 0.4) is 0 Å². The van der Waals surface area contributed by atoms with E-state index in [9.17, 15) is 14.8 Å². The van der Waals surface area contributed by atoms with Crippen LogP contribution in [0.1, 0.15) is 26.2 Å². The highest BCUT2D eigenvalue weighted by atomic mass is 16.7. The van der Waals surface area contributed by atoms with Gasteiger partial charge in [0.2, 0.25) is 0 Å². The Hall–Kier alpha value is -1.87. The van der Waals surface area contributed by atoms with Crippen molar-refractivity contribution in [1.82, 2.24) is 5.06 Å². The second-order valence-corrected chi connectivity index (χ2v) is 4.00. The highest BCUT2D eigenvalue weighted by Gasteiger charge is 2.11. The number of carboxylic acid groups (broad SMARTS) is 1. The summed E-state index contributed by atoms with van der Waals surface area (Å²) >= 11 is 0. The third-order valence-electron chi connectivity index (χ3n) is 2.47. The number of hydroxylamine groups is 2. The molecule has 9 heteroatoms. The van der Waals surface area contributed by atoms with Crippen LogP contribution in [0, 0.1) is 0 Å². The molecule has 0 aromatic carbocycles. The number of hydrogen-bond donors (Lipinski definition) is 3. The molecule has 0 heterocycles. The van der Waals surface area contributed by atoms with Crippen LogP contribution in [0.4, 0.5) is 4.79 Å². The predicted molar refractivity (Wildman–Crippen MR) is 69.4 cm³/mol. The topological polar surface area (TPSA) is 135 Å². The van der Waals surface area contributed by atoms with Crippen LogP contribution in [-0.4, -0.2) is 59.8 Å². The second-order valence-electron chi connectivity index (χ2n) is 4.00. The number of rotatable bonds is 8. The summed E-state index contributed by atoms with van der Waals surface area (Å²) in [6.07, 6.45) is 0.609. The van der Waals surface area contributed by atoms with E-state index in [-0.39, 0.29) is 19.1 Å². The Morgan fingerprint density at radius 1 is 1.40 bits per heavy atom. The maximum Gasteiger partial charge on any atom is 0.509 e. The quantitative estimate of drug-likeness (QED) is 0.192. The number of nitrogens with zero attached hydrogens (tertiary/aromatic N) is 2. The first kappa shape index (κ1) is 18.1. The van der Waals surface area contributed by atoms with Crippen molar-refractivity contribution < 1.29 is 29.4 Å². The van der Waals surface area contributed by atoms with Gasteiger partial charge in [-0.1, -0.05) is 0 Å². The Labute approximate surface area is 116 Å². The summed E-state index contributed by atoms with van der Waals surface area (Å²) in [5.74, 6) is -0.764. The molecule has 1 unspecified atom stereocenters. The number of carbonyl (C=O) groups excluding carboxylic acids is 1. The van der Waals surface area contributed by atoms with Gasteiger partial charge in [-0.3, -0.25) is 10.0 Å². The Bertz CT molecular complexity index is 347. The molecule has 0 rings (SSSR count). The highest BCUT2D eigenvalue weighted by molar-refractivity contribution is 5.78. The van der Waals surface area contributed by atoms with Crippen LogP contribution in [0.15, 0.2) is 4.99 Å². The molecule has 1 atom stereocenters. The number of aliphatic imine (C=N–C) groups is 1. The Morgan fingerprint density at radius 2 is 2.05 bits per heavy atom. The summed E-state index contributed by atoms with van der Waals surface area (Å²) < 4.78 is 8.77. The van der Waals surface area contributed by atoms with E-state index >= 15 is 0 Å². The largest absolute Gasteiger partial charge is 0.509 e. The average molecular weight is 291 g/mol. The highest BCUT2D eigenvalue weighted by Crippen LogP contribution is 2.01. The molecule has 0 radical (unpaired) electrons. The van der Waals surface area contributed by atoms with Gasteiger partial charge in [-0.05, 0) is 26.2 Å². The van der Waals surface area contributed by atoms with Crippen molar-refractivity contribution in [3.8, 4) is 0 Å². The molecule has 20 heavy (non-hydrogen) atoms. The maximum atomic E-state index is 10.6. The second kappa shape index (κ2) is 9.98. The minimum Gasteiger partial charge on any atom is -0.480 e. The third kappa shape index (κ3) is 8.27. The first-order valence-corrected chi connectivity index (χ1v) is 6.05. The van der Waals surface area contributed by atoms with E-state index in [1.807, 2.05) is 0 Å². The van der Waals surface area contributed by atoms with Crippen LogP contribution in [0.2, 0.25) is 0 Å². The molecular formula is C11H21N3O6. The summed E-state index contributed by atoms with van der Waals surface area (Å²) in [5.41, 5.74) is 5.34. The summed E-state index contributed by atoms with van der Waals surface area (Å²) in [4.78, 5) is 24.9. The third-order valence-corrected chi connectivity index (χ3v) is 2.47. The van der Waals surface area contributed by atoms with E-state index in [1.165, 1.54) is 7.11 Å². The number of amidine groups is 1. The van der Waals surface area contributed by atoms with E-state index in [1.54, 1.807) is 6.92 Å². The lowest BCUT2D eigenvalue weighted by Gasteiger charge is -2.16. The number of nitrogens with two attached hydrogens (primary N) is 1. The van der Waals surface area contributed by atoms with Gasteiger partial charge in [-0.25, -0.2) is 14.9 Å². The van der Waals surface area contributed by atoms with Gasteiger partial charge >= 0.3 is 12.1 Å². The molecule has 0 amide bonds. The molecule has 0 saturated carbocycles. The van der Waals surface area contributed by atoms with E-state index in [4.69, 9.17) is 10.8 Å². The van der Waals surface area contributed by atoms with Gasteiger partial charge in [-0.15, -0.1) is 0 Å². The molecule has 0 spiro atoms. The number of unbranched alkanes of at least 4 members (excludes halogenated alkanes) is 1. The van der Waals surface area contributed by atoms with E-state index < -0.39 is 18.2 Å². The monoisotopic (exact) mass is 291 g/mol. The van der Waals surface area contributed by atoms with Gasteiger partial charge in [-0.2, -0.15) is 0 Å². The maximum absolute atomic E-state index is 10.6. The van der Waals surface area contributed by atoms with Gasteiger partial charge in [0, 0.05) is 6.54 Å². The first-order chi connectivity index (χ1) is 9.38. The number of hydrogen-bond acceptors (Lipinski definition) is 7. The molecule has 0 aromatic rings. The molecule has 116 valence electrons. The molecule has 0 aliphatic heterocycles. The van der Waals surface area contributed by atoms with Gasteiger partial charge in [0.05, 0.1) is 7.11 Å². The molecule has 9 nitrogen and oxygen atoms in total. The van der Waals surface area contributed by atoms with Gasteiger partial charge in [0.25, 0.3) is 0 Å². The SMILES string of the molecule is COC(=O)OC/N=C(\C)N(O)CCCCC(N)C(=O)O. The lowest BCUT2D eigenvalue weighted by Crippen LogP contribution is -2.30. The van der Waals surface area contributed by atoms with E-state index in [2.05, 4.69) is 14.5 Å². The molecule has 0 aromatic heterocycles. The van der Waals surface area contributed by atoms with Crippen molar-refractivity contribution >= 4 is 18.0 Å². The Kier molecular flexibility index (Phi) is 9.05.